The largest absolute Gasteiger partial charge is 0.376 e. The molecule has 0 saturated heterocycles. The highest BCUT2D eigenvalue weighted by Crippen LogP contribution is 2.54. The lowest BCUT2D eigenvalue weighted by molar-refractivity contribution is 0.332. The predicted octanol–water partition coefficient (Wildman–Crippen LogP) is 16.6. The van der Waals surface area contributed by atoms with Crippen molar-refractivity contribution in [1.82, 2.24) is 4.57 Å². The van der Waals surface area contributed by atoms with Crippen LogP contribution in [0.25, 0.3) is 90.4 Å². The lowest BCUT2D eigenvalue weighted by atomic mass is 9.43. The van der Waals surface area contributed by atoms with Gasteiger partial charge in [-0.1, -0.05) is 152 Å². The van der Waals surface area contributed by atoms with Crippen LogP contribution in [0, 0.1) is 0 Å². The summed E-state index contributed by atoms with van der Waals surface area (Å²) in [4.78, 5) is 4.07. The van der Waals surface area contributed by atoms with Gasteiger partial charge in [-0.05, 0) is 128 Å². The molecule has 1 aliphatic carbocycles. The van der Waals surface area contributed by atoms with Crippen LogP contribution >= 0.6 is 22.7 Å². The number of anilines is 2. The van der Waals surface area contributed by atoms with Crippen molar-refractivity contribution in [2.24, 2.45) is 0 Å². The van der Waals surface area contributed by atoms with Crippen LogP contribution in [-0.2, 0) is 16.2 Å². The van der Waals surface area contributed by atoms with E-state index in [1.165, 1.54) is 142 Å². The smallest absolute Gasteiger partial charge is 0.333 e. The molecule has 0 spiro atoms. The molecule has 0 bridgehead atoms. The van der Waals surface area contributed by atoms with Crippen molar-refractivity contribution in [3.63, 3.8) is 0 Å². The van der Waals surface area contributed by atoms with E-state index in [4.69, 9.17) is 0 Å². The molecule has 2 aliphatic heterocycles. The van der Waals surface area contributed by atoms with E-state index in [-0.39, 0.29) is 23.1 Å². The second kappa shape index (κ2) is 13.6. The number of benzene rings is 8. The van der Waals surface area contributed by atoms with Gasteiger partial charge in [0.1, 0.15) is 0 Å². The van der Waals surface area contributed by atoms with E-state index < -0.39 is 0 Å². The molecule has 3 aromatic heterocycles. The van der Waals surface area contributed by atoms with Gasteiger partial charge in [-0.15, -0.1) is 22.7 Å². The van der Waals surface area contributed by atoms with E-state index in [0.717, 1.165) is 0 Å². The molecule has 0 unspecified atom stereocenters. The summed E-state index contributed by atoms with van der Waals surface area (Å²) in [5.41, 5.74) is 20.3. The summed E-state index contributed by atoms with van der Waals surface area (Å²) >= 11 is 3.86. The molecule has 0 N–H and O–H groups in total. The molecule has 5 heterocycles. The van der Waals surface area contributed by atoms with E-state index in [0.29, 0.717) is 0 Å². The van der Waals surface area contributed by atoms with Crippen LogP contribution in [-0.4, -0.2) is 11.4 Å². The van der Waals surface area contributed by atoms with Crippen molar-refractivity contribution in [3.05, 3.63) is 174 Å². The molecule has 14 rings (SSSR count). The van der Waals surface area contributed by atoms with Crippen LogP contribution in [0.4, 0.5) is 11.4 Å². The molecule has 324 valence electrons. The summed E-state index contributed by atoms with van der Waals surface area (Å²) < 4.78 is 6.69. The summed E-state index contributed by atoms with van der Waals surface area (Å²) in [6.07, 6.45) is 2.35. The standard InChI is InChI=1S/C62H51BN2S2/c1-60(2,3)38-22-24-39(25-23-38)65-51-34-48-47(61(4,5)28-29-62(48,6)7)30-43(51)41-26-27-42-44-33-54-45(40-20-14-15-21-53(40)66-54)31-50(44)64-52-32-46-55(35-49(52)63(65)57(41)58(42)64)67-59(37-18-12-9-13-19-37)56(46)36-16-10-8-11-17-36/h8-27,30-35H,28-29H2,1-7H3. The van der Waals surface area contributed by atoms with Crippen LogP contribution in [0.15, 0.2) is 158 Å². The summed E-state index contributed by atoms with van der Waals surface area (Å²) in [7, 11) is 0. The van der Waals surface area contributed by atoms with Crippen LogP contribution in [0.3, 0.4) is 0 Å². The summed E-state index contributed by atoms with van der Waals surface area (Å²) in [6, 6.07) is 61.1. The summed E-state index contributed by atoms with van der Waals surface area (Å²) in [5, 5.41) is 6.62. The predicted molar refractivity (Wildman–Crippen MR) is 293 cm³/mol. The molecule has 0 amide bonds. The number of hydrogen-bond acceptors (Lipinski definition) is 3. The molecule has 0 saturated carbocycles. The second-order valence-electron chi connectivity index (χ2n) is 21.9. The first kappa shape index (κ1) is 39.7. The van der Waals surface area contributed by atoms with Gasteiger partial charge in [-0.3, -0.25) is 0 Å². The Bertz CT molecular complexity index is 3900. The minimum atomic E-state index is -0.0648. The molecule has 8 aromatic carbocycles. The van der Waals surface area contributed by atoms with Crippen LogP contribution in [0.1, 0.15) is 78.0 Å². The Kier molecular flexibility index (Phi) is 8.08. The highest BCUT2D eigenvalue weighted by atomic mass is 32.1. The van der Waals surface area contributed by atoms with Gasteiger partial charge >= 0.3 is 6.85 Å². The Labute approximate surface area is 401 Å². The zero-order valence-electron chi connectivity index (χ0n) is 39.2. The Balaban J connectivity index is 1.16. The fourth-order valence-corrected chi connectivity index (χ4v) is 14.7. The first-order valence-electron chi connectivity index (χ1n) is 24.1. The maximum Gasteiger partial charge on any atom is 0.333 e. The van der Waals surface area contributed by atoms with Gasteiger partial charge in [0, 0.05) is 74.1 Å². The molecule has 0 radical (unpaired) electrons. The number of aromatic nitrogens is 1. The maximum atomic E-state index is 2.75. The normalized spacial score (nSPS) is 15.7. The highest BCUT2D eigenvalue weighted by Gasteiger charge is 2.47. The molecule has 11 aromatic rings. The van der Waals surface area contributed by atoms with Gasteiger partial charge in [-0.25, -0.2) is 0 Å². The van der Waals surface area contributed by atoms with Crippen LogP contribution in [0.2, 0.25) is 0 Å². The average Bonchev–Trinajstić information content (AvgIpc) is 4.00. The number of hydrogen-bond donors (Lipinski definition) is 0. The van der Waals surface area contributed by atoms with E-state index in [1.807, 2.05) is 22.7 Å². The zero-order chi connectivity index (χ0) is 45.3. The molecule has 0 fully saturated rings. The number of fused-ring (bicyclic) bond motifs is 13. The zero-order valence-corrected chi connectivity index (χ0v) is 40.8. The van der Waals surface area contributed by atoms with Gasteiger partial charge in [0.15, 0.2) is 0 Å². The summed E-state index contributed by atoms with van der Waals surface area (Å²) in [5.74, 6) is 0. The topological polar surface area (TPSA) is 8.17 Å². The van der Waals surface area contributed by atoms with Crippen molar-refractivity contribution in [2.45, 2.75) is 77.6 Å². The Morgan fingerprint density at radius 2 is 1.19 bits per heavy atom. The second-order valence-corrected chi connectivity index (χ2v) is 24.1. The molecule has 0 atom stereocenters. The molecule has 2 nitrogen and oxygen atoms in total. The minimum absolute atomic E-state index is 0.0426. The van der Waals surface area contributed by atoms with E-state index in [2.05, 4.69) is 216 Å². The lowest BCUT2D eigenvalue weighted by Gasteiger charge is -2.46. The molecule has 67 heavy (non-hydrogen) atoms. The van der Waals surface area contributed by atoms with Gasteiger partial charge in [0.05, 0.1) is 11.0 Å². The molecular formula is C62H51BN2S2. The number of thiophene rings is 2. The Morgan fingerprint density at radius 3 is 1.93 bits per heavy atom. The number of nitrogens with zero attached hydrogens (tertiary/aromatic N) is 2. The first-order valence-corrected chi connectivity index (χ1v) is 25.7. The Hall–Kier alpha value is -6.40. The van der Waals surface area contributed by atoms with E-state index in [9.17, 15) is 0 Å². The average molecular weight is 899 g/mol. The molecule has 5 heteroatoms. The maximum absolute atomic E-state index is 2.75. The first-order chi connectivity index (χ1) is 32.3. The van der Waals surface area contributed by atoms with E-state index >= 15 is 0 Å². The van der Waals surface area contributed by atoms with E-state index in [1.54, 1.807) is 0 Å². The highest BCUT2D eigenvalue weighted by molar-refractivity contribution is 7.26. The van der Waals surface area contributed by atoms with Crippen molar-refractivity contribution in [1.29, 1.82) is 0 Å². The quantitative estimate of drug-likeness (QED) is 0.160. The van der Waals surface area contributed by atoms with Crippen molar-refractivity contribution in [2.75, 3.05) is 4.81 Å². The monoisotopic (exact) mass is 898 g/mol. The number of rotatable bonds is 3. The molecular weight excluding hydrogens is 848 g/mol. The van der Waals surface area contributed by atoms with Gasteiger partial charge in [0.2, 0.25) is 0 Å². The van der Waals surface area contributed by atoms with Crippen molar-refractivity contribution >= 4 is 104 Å². The fourth-order valence-electron chi connectivity index (χ4n) is 12.3. The van der Waals surface area contributed by atoms with Gasteiger partial charge in [-0.2, -0.15) is 0 Å². The van der Waals surface area contributed by atoms with Gasteiger partial charge < -0.3 is 9.38 Å². The van der Waals surface area contributed by atoms with Crippen molar-refractivity contribution in [3.8, 4) is 38.4 Å². The summed E-state index contributed by atoms with van der Waals surface area (Å²) in [6.45, 7) is 16.8. The third kappa shape index (κ3) is 5.56. The third-order valence-electron chi connectivity index (χ3n) is 16.0. The van der Waals surface area contributed by atoms with Crippen molar-refractivity contribution < 1.29 is 0 Å². The molecule has 3 aliphatic rings. The Morgan fingerprint density at radius 1 is 0.522 bits per heavy atom. The van der Waals surface area contributed by atoms with Crippen LogP contribution in [0.5, 0.6) is 0 Å². The SMILES string of the molecule is CC(C)(C)c1ccc(N2B3c4cc5sc(-c6ccccc6)c(-c6ccccc6)c5cc4-n4c5cc6c(cc5c5ccc(c3c54)-c3cc4c(cc32)C(C)(C)CCC4(C)C)sc2ccccc26)cc1. The lowest BCUT2D eigenvalue weighted by Crippen LogP contribution is -2.60. The third-order valence-corrected chi connectivity index (χ3v) is 18.3. The van der Waals surface area contributed by atoms with Crippen LogP contribution < -0.4 is 15.7 Å². The fraction of sp³-hybridized carbons (Fsp3) is 0.194. The van der Waals surface area contributed by atoms with Gasteiger partial charge in [0.25, 0.3) is 0 Å². The minimum Gasteiger partial charge on any atom is -0.376 e.